The molecule has 0 aromatic carbocycles. The van der Waals surface area contributed by atoms with Crippen molar-refractivity contribution in [1.29, 1.82) is 0 Å². The summed E-state index contributed by atoms with van der Waals surface area (Å²) in [6.45, 7) is 6.07. The Morgan fingerprint density at radius 3 is 2.67 bits per heavy atom. The van der Waals surface area contributed by atoms with Crippen molar-refractivity contribution >= 4 is 17.5 Å². The molecule has 1 saturated heterocycles. The molecule has 2 aromatic rings. The van der Waals surface area contributed by atoms with Crippen LogP contribution in [0.15, 0.2) is 28.9 Å². The van der Waals surface area contributed by atoms with Crippen LogP contribution in [0.3, 0.4) is 0 Å². The molecule has 2 aromatic heterocycles. The van der Waals surface area contributed by atoms with Gasteiger partial charge in [0.15, 0.2) is 5.82 Å². The molecule has 1 aliphatic heterocycles. The van der Waals surface area contributed by atoms with Crippen LogP contribution in [0.1, 0.15) is 69.8 Å². The van der Waals surface area contributed by atoms with Crippen LogP contribution < -0.4 is 15.4 Å². The molecule has 10 nitrogen and oxygen atoms in total. The van der Waals surface area contributed by atoms with E-state index < -0.39 is 17.4 Å². The van der Waals surface area contributed by atoms with Gasteiger partial charge in [-0.05, 0) is 62.1 Å². The summed E-state index contributed by atoms with van der Waals surface area (Å²) in [5, 5.41) is 23.1. The summed E-state index contributed by atoms with van der Waals surface area (Å²) in [5.74, 6) is 1.73. The number of aliphatic hydroxyl groups is 2. The van der Waals surface area contributed by atoms with Gasteiger partial charge in [-0.3, -0.25) is 9.78 Å². The van der Waals surface area contributed by atoms with Crippen molar-refractivity contribution in [2.75, 3.05) is 31.2 Å². The van der Waals surface area contributed by atoms with Crippen molar-refractivity contribution in [3.63, 3.8) is 0 Å². The molecule has 4 N–H and O–H groups in total. The van der Waals surface area contributed by atoms with Crippen LogP contribution in [-0.2, 0) is 4.79 Å². The molecular weight excluding hydrogens is 462 g/mol. The molecule has 2 aliphatic rings. The van der Waals surface area contributed by atoms with Crippen molar-refractivity contribution in [3.05, 3.63) is 35.9 Å². The largest absolute Gasteiger partial charge is 0.492 e. The fourth-order valence-electron chi connectivity index (χ4n) is 4.90. The first kappa shape index (κ1) is 26.1. The van der Waals surface area contributed by atoms with Gasteiger partial charge in [0, 0.05) is 19.0 Å². The van der Waals surface area contributed by atoms with Gasteiger partial charge in [-0.1, -0.05) is 25.1 Å². The highest BCUT2D eigenvalue weighted by atomic mass is 16.5. The average Bonchev–Trinajstić information content (AvgIpc) is 3.39. The molecule has 0 spiro atoms. The van der Waals surface area contributed by atoms with Gasteiger partial charge in [0.1, 0.15) is 5.75 Å². The minimum absolute atomic E-state index is 0.162. The zero-order valence-electron chi connectivity index (χ0n) is 21.1. The average molecular weight is 500 g/mol. The van der Waals surface area contributed by atoms with Gasteiger partial charge in [-0.2, -0.15) is 4.98 Å². The quantitative estimate of drug-likeness (QED) is 0.449. The number of nitrogens with zero attached hydrogens (tertiary/aromatic N) is 4. The van der Waals surface area contributed by atoms with Crippen LogP contribution in [0.2, 0.25) is 0 Å². The Labute approximate surface area is 211 Å². The van der Waals surface area contributed by atoms with E-state index in [9.17, 15) is 15.0 Å². The molecule has 0 radical (unpaired) electrons. The molecule has 4 rings (SSSR count). The molecular formula is C26H37N5O5. The number of aliphatic hydroxyl groups excluding tert-OH is 2. The maximum absolute atomic E-state index is 12.1. The van der Waals surface area contributed by atoms with E-state index in [4.69, 9.17) is 15.0 Å². The minimum Gasteiger partial charge on any atom is -0.492 e. The second-order valence-corrected chi connectivity index (χ2v) is 10.3. The van der Waals surface area contributed by atoms with Crippen LogP contribution in [0.5, 0.6) is 5.75 Å². The number of hydrogen-bond acceptors (Lipinski definition) is 9. The predicted octanol–water partition coefficient (Wildman–Crippen LogP) is 2.67. The summed E-state index contributed by atoms with van der Waals surface area (Å²) in [5.41, 5.74) is 6.71. The molecule has 196 valence electrons. The number of primary amides is 1. The Morgan fingerprint density at radius 1 is 1.33 bits per heavy atom. The lowest BCUT2D eigenvalue weighted by Crippen LogP contribution is -2.41. The van der Waals surface area contributed by atoms with Crippen LogP contribution in [0.25, 0.3) is 5.57 Å². The number of ether oxygens (including phenoxy) is 1. The number of carbonyl (C=O) groups is 1. The third-order valence-corrected chi connectivity index (χ3v) is 7.36. The van der Waals surface area contributed by atoms with Crippen molar-refractivity contribution in [2.45, 2.75) is 64.4 Å². The van der Waals surface area contributed by atoms with Gasteiger partial charge in [0.2, 0.25) is 5.91 Å². The Bertz CT molecular complexity index is 1050. The Kier molecular flexibility index (Phi) is 8.25. The first-order valence-electron chi connectivity index (χ1n) is 12.8. The number of aromatic nitrogens is 3. The first-order valence-corrected chi connectivity index (χ1v) is 12.8. The smallest absolute Gasteiger partial charge is 0.324 e. The van der Waals surface area contributed by atoms with Crippen LogP contribution in [-0.4, -0.2) is 63.7 Å². The van der Waals surface area contributed by atoms with E-state index in [0.29, 0.717) is 37.8 Å². The van der Waals surface area contributed by atoms with Crippen LogP contribution in [0.4, 0.5) is 6.01 Å². The maximum Gasteiger partial charge on any atom is 0.324 e. The normalized spacial score (nSPS) is 21.9. The fraction of sp³-hybridized carbons (Fsp3) is 0.615. The van der Waals surface area contributed by atoms with Crippen molar-refractivity contribution < 1.29 is 24.3 Å². The second-order valence-electron chi connectivity index (χ2n) is 10.3. The highest BCUT2D eigenvalue weighted by Crippen LogP contribution is 2.41. The van der Waals surface area contributed by atoms with E-state index in [0.717, 1.165) is 48.8 Å². The lowest BCUT2D eigenvalue weighted by Gasteiger charge is -2.34. The first-order chi connectivity index (χ1) is 17.3. The Hall–Kier alpha value is -2.98. The number of pyridine rings is 1. The van der Waals surface area contributed by atoms with E-state index in [1.807, 2.05) is 32.1 Å². The molecule has 1 aliphatic carbocycles. The van der Waals surface area contributed by atoms with Crippen LogP contribution in [0, 0.1) is 11.3 Å². The number of hydrogen-bond donors (Lipinski definition) is 3. The lowest BCUT2D eigenvalue weighted by molar-refractivity contribution is -0.130. The Balaban J connectivity index is 1.26. The SMILES string of the molecule is CC(C)c1noc(N2CCC(COc3ccc(C4=CCC(C[C@H](O)CO)(C(N)=O)CC4)nc3)CC2)n1. The van der Waals surface area contributed by atoms with E-state index in [2.05, 4.69) is 20.0 Å². The molecule has 2 atom stereocenters. The molecule has 0 saturated carbocycles. The van der Waals surface area contributed by atoms with E-state index in [1.54, 1.807) is 6.20 Å². The number of carbonyl (C=O) groups excluding carboxylic acids is 1. The lowest BCUT2D eigenvalue weighted by atomic mass is 9.70. The number of rotatable bonds is 10. The van der Waals surface area contributed by atoms with E-state index >= 15 is 0 Å². The summed E-state index contributed by atoms with van der Waals surface area (Å²) >= 11 is 0. The van der Waals surface area contributed by atoms with Crippen molar-refractivity contribution in [2.24, 2.45) is 17.1 Å². The predicted molar refractivity (Wildman–Crippen MR) is 134 cm³/mol. The van der Waals surface area contributed by atoms with Gasteiger partial charge in [-0.25, -0.2) is 0 Å². The second kappa shape index (κ2) is 11.4. The summed E-state index contributed by atoms with van der Waals surface area (Å²) < 4.78 is 11.4. The van der Waals surface area contributed by atoms with E-state index in [-0.39, 0.29) is 18.9 Å². The van der Waals surface area contributed by atoms with Gasteiger partial charge in [-0.15, -0.1) is 0 Å². The van der Waals surface area contributed by atoms with E-state index in [1.165, 1.54) is 0 Å². The number of anilines is 1. The topological polar surface area (TPSA) is 148 Å². The number of piperidine rings is 1. The monoisotopic (exact) mass is 499 g/mol. The highest BCUT2D eigenvalue weighted by molar-refractivity contribution is 5.82. The van der Waals surface area contributed by atoms with Gasteiger partial charge in [0.05, 0.1) is 36.6 Å². The highest BCUT2D eigenvalue weighted by Gasteiger charge is 2.39. The maximum atomic E-state index is 12.1. The third kappa shape index (κ3) is 6.04. The van der Waals surface area contributed by atoms with Gasteiger partial charge in [0.25, 0.3) is 0 Å². The van der Waals surface area contributed by atoms with Crippen LogP contribution >= 0.6 is 0 Å². The van der Waals surface area contributed by atoms with Gasteiger partial charge >= 0.3 is 6.01 Å². The summed E-state index contributed by atoms with van der Waals surface area (Å²) in [7, 11) is 0. The molecule has 1 amide bonds. The molecule has 0 bridgehead atoms. The number of allylic oxidation sites excluding steroid dienone is 2. The minimum atomic E-state index is -0.953. The molecule has 1 fully saturated rings. The molecule has 1 unspecified atom stereocenters. The van der Waals surface area contributed by atoms with Crippen molar-refractivity contribution in [3.8, 4) is 5.75 Å². The summed E-state index contributed by atoms with van der Waals surface area (Å²) in [6, 6.07) is 4.47. The third-order valence-electron chi connectivity index (χ3n) is 7.36. The van der Waals surface area contributed by atoms with Gasteiger partial charge < -0.3 is 30.1 Å². The fourth-order valence-corrected chi connectivity index (χ4v) is 4.90. The summed E-state index contributed by atoms with van der Waals surface area (Å²) in [6.07, 6.45) is 6.48. The molecule has 10 heteroatoms. The zero-order valence-corrected chi connectivity index (χ0v) is 21.1. The van der Waals surface area contributed by atoms with Crippen molar-refractivity contribution in [1.82, 2.24) is 15.1 Å². The Morgan fingerprint density at radius 2 is 2.11 bits per heavy atom. The standard InChI is InChI=1S/C26H37N5O5/c1-17(2)23-29-25(36-30-23)31-11-7-18(8-12-31)16-35-21-3-4-22(28-14-21)19-5-9-26(10-6-19,24(27)34)13-20(33)15-32/h3-5,14,17-18,20,32-33H,6-13,15-16H2,1-2H3,(H2,27,34)/t20-,26?/m0/s1. The number of amides is 1. The zero-order chi connectivity index (χ0) is 25.7. The number of nitrogens with two attached hydrogens (primary N) is 1. The summed E-state index contributed by atoms with van der Waals surface area (Å²) in [4.78, 5) is 23.3. The molecule has 3 heterocycles. The molecule has 36 heavy (non-hydrogen) atoms.